The van der Waals surface area contributed by atoms with E-state index in [1.807, 2.05) is 30.3 Å². The fraction of sp³-hybridized carbons (Fsp3) is 0.273. The van der Waals surface area contributed by atoms with Crippen LogP contribution in [0.2, 0.25) is 0 Å². The molecule has 6 heteroatoms. The van der Waals surface area contributed by atoms with E-state index in [1.165, 1.54) is 25.3 Å². The quantitative estimate of drug-likeness (QED) is 0.757. The van der Waals surface area contributed by atoms with Crippen LogP contribution in [0.25, 0.3) is 11.1 Å². The highest BCUT2D eigenvalue weighted by Crippen LogP contribution is 2.36. The maximum Gasteiger partial charge on any atom is 0.355 e. The molecule has 0 aromatic heterocycles. The van der Waals surface area contributed by atoms with Crippen LogP contribution >= 0.6 is 0 Å². The Hall–Kier alpha value is -3.12. The Morgan fingerprint density at radius 1 is 0.964 bits per heavy atom. The molecule has 0 saturated heterocycles. The number of methoxy groups -OCH3 is 2. The summed E-state index contributed by atoms with van der Waals surface area (Å²) in [4.78, 5) is 26.4. The van der Waals surface area contributed by atoms with Gasteiger partial charge in [0.25, 0.3) is 0 Å². The van der Waals surface area contributed by atoms with Crippen LogP contribution in [0.15, 0.2) is 53.7 Å². The molecule has 0 bridgehead atoms. The van der Waals surface area contributed by atoms with Crippen molar-refractivity contribution in [2.45, 2.75) is 13.8 Å². The summed E-state index contributed by atoms with van der Waals surface area (Å²) >= 11 is 0. The van der Waals surface area contributed by atoms with Crippen molar-refractivity contribution in [1.82, 2.24) is 0 Å². The number of rotatable bonds is 4. The molecule has 0 aliphatic carbocycles. The molecule has 0 radical (unpaired) electrons. The summed E-state index contributed by atoms with van der Waals surface area (Å²) in [6.07, 6.45) is 0. The van der Waals surface area contributed by atoms with E-state index in [4.69, 9.17) is 14.2 Å². The number of carbonyl (C=O) groups excluding carboxylic acids is 2. The van der Waals surface area contributed by atoms with Gasteiger partial charge in [0.2, 0.25) is 0 Å². The van der Waals surface area contributed by atoms with E-state index in [-0.39, 0.29) is 24.6 Å². The Kier molecular flexibility index (Phi) is 5.80. The number of carbonyl (C=O) groups is 2. The van der Waals surface area contributed by atoms with E-state index in [0.29, 0.717) is 0 Å². The van der Waals surface area contributed by atoms with Gasteiger partial charge >= 0.3 is 11.9 Å². The van der Waals surface area contributed by atoms with Gasteiger partial charge in [-0.2, -0.15) is 0 Å². The molecule has 0 fully saturated rings. The Bertz CT molecular complexity index is 948. The highest BCUT2D eigenvalue weighted by atomic mass is 16.5. The Balaban J connectivity index is 2.18. The fourth-order valence-electron chi connectivity index (χ4n) is 3.20. The molecule has 0 amide bonds. The smallest absolute Gasteiger partial charge is 0.355 e. The summed E-state index contributed by atoms with van der Waals surface area (Å²) in [5.41, 5.74) is 5.31. The molecule has 2 aromatic rings. The van der Waals surface area contributed by atoms with E-state index < -0.39 is 11.9 Å². The van der Waals surface area contributed by atoms with Gasteiger partial charge in [-0.1, -0.05) is 36.4 Å². The van der Waals surface area contributed by atoms with Crippen molar-refractivity contribution in [3.8, 4) is 11.1 Å². The summed E-state index contributed by atoms with van der Waals surface area (Å²) < 4.78 is 15.4. The molecular weight excluding hydrogens is 358 g/mol. The second-order valence-electron chi connectivity index (χ2n) is 6.53. The minimum Gasteiger partial charge on any atom is -0.466 e. The van der Waals surface area contributed by atoms with Crippen LogP contribution in [-0.4, -0.2) is 39.5 Å². The van der Waals surface area contributed by atoms with Gasteiger partial charge in [-0.05, 0) is 36.6 Å². The fourth-order valence-corrected chi connectivity index (χ4v) is 3.20. The monoisotopic (exact) mass is 381 g/mol. The third kappa shape index (κ3) is 3.64. The number of esters is 2. The Labute approximate surface area is 164 Å². The predicted molar refractivity (Wildman–Crippen MR) is 106 cm³/mol. The maximum absolute atomic E-state index is 12.5. The van der Waals surface area contributed by atoms with Crippen molar-refractivity contribution in [3.05, 3.63) is 64.9 Å². The van der Waals surface area contributed by atoms with Crippen molar-refractivity contribution in [1.29, 1.82) is 0 Å². The lowest BCUT2D eigenvalue weighted by molar-refractivity contribution is -0.140. The van der Waals surface area contributed by atoms with E-state index in [2.05, 4.69) is 26.0 Å². The summed E-state index contributed by atoms with van der Waals surface area (Å²) in [6, 6.07) is 13.9. The molecule has 0 unspecified atom stereocenters. The summed E-state index contributed by atoms with van der Waals surface area (Å²) in [5, 5.41) is 0. The largest absolute Gasteiger partial charge is 0.466 e. The second-order valence-corrected chi connectivity index (χ2v) is 6.53. The zero-order valence-electron chi connectivity index (χ0n) is 16.4. The molecule has 3 rings (SSSR count). The molecule has 1 aliphatic heterocycles. The van der Waals surface area contributed by atoms with E-state index in [1.54, 1.807) is 4.90 Å². The molecule has 146 valence electrons. The van der Waals surface area contributed by atoms with Gasteiger partial charge in [0.05, 0.1) is 32.1 Å². The number of para-hydroxylation sites is 1. The van der Waals surface area contributed by atoms with Crippen LogP contribution in [0.5, 0.6) is 0 Å². The van der Waals surface area contributed by atoms with Crippen LogP contribution in [0, 0.1) is 13.8 Å². The molecular formula is C22H23NO5. The van der Waals surface area contributed by atoms with E-state index in [0.717, 1.165) is 16.8 Å². The molecule has 2 aromatic carbocycles. The van der Waals surface area contributed by atoms with Crippen LogP contribution in [0.3, 0.4) is 0 Å². The first-order valence-corrected chi connectivity index (χ1v) is 8.89. The van der Waals surface area contributed by atoms with Crippen LogP contribution in [-0.2, 0) is 23.8 Å². The highest BCUT2D eigenvalue weighted by molar-refractivity contribution is 6.04. The number of ether oxygens (including phenoxy) is 3. The molecule has 0 saturated carbocycles. The Morgan fingerprint density at radius 3 is 2.36 bits per heavy atom. The first-order valence-electron chi connectivity index (χ1n) is 8.89. The van der Waals surface area contributed by atoms with Crippen LogP contribution in [0.1, 0.15) is 11.1 Å². The number of anilines is 1. The number of hydrogen-bond donors (Lipinski definition) is 0. The zero-order valence-corrected chi connectivity index (χ0v) is 16.4. The van der Waals surface area contributed by atoms with Crippen molar-refractivity contribution in [2.75, 3.05) is 32.5 Å². The average Bonchev–Trinajstić information content (AvgIpc) is 2.74. The molecule has 6 nitrogen and oxygen atoms in total. The minimum absolute atomic E-state index is 0.0145. The zero-order chi connectivity index (χ0) is 20.3. The first kappa shape index (κ1) is 19.6. The third-order valence-electron chi connectivity index (χ3n) is 4.85. The lowest BCUT2D eigenvalue weighted by Gasteiger charge is -2.32. The first-order chi connectivity index (χ1) is 13.5. The molecule has 1 heterocycles. The topological polar surface area (TPSA) is 65.1 Å². The third-order valence-corrected chi connectivity index (χ3v) is 4.85. The molecule has 0 spiro atoms. The van der Waals surface area contributed by atoms with Gasteiger partial charge in [-0.3, -0.25) is 0 Å². The lowest BCUT2D eigenvalue weighted by atomic mass is 9.98. The molecule has 0 N–H and O–H groups in total. The number of aryl methyl sites for hydroxylation is 2. The molecule has 0 atom stereocenters. The predicted octanol–water partition coefficient (Wildman–Crippen LogP) is 3.36. The maximum atomic E-state index is 12.5. The van der Waals surface area contributed by atoms with Gasteiger partial charge in [0.15, 0.2) is 0 Å². The molecule has 28 heavy (non-hydrogen) atoms. The van der Waals surface area contributed by atoms with Crippen molar-refractivity contribution >= 4 is 17.6 Å². The SMILES string of the molecule is COC(=O)C1=C(C(=O)OC)N(c2ccccc2-c2ccc(C)c(C)c2)COC1. The molecule has 1 aliphatic rings. The second kappa shape index (κ2) is 8.27. The lowest BCUT2D eigenvalue weighted by Crippen LogP contribution is -2.39. The average molecular weight is 381 g/mol. The highest BCUT2D eigenvalue weighted by Gasteiger charge is 2.33. The summed E-state index contributed by atoms with van der Waals surface area (Å²) in [7, 11) is 2.55. The van der Waals surface area contributed by atoms with E-state index in [9.17, 15) is 9.59 Å². The van der Waals surface area contributed by atoms with Gasteiger partial charge < -0.3 is 19.1 Å². The van der Waals surface area contributed by atoms with Gasteiger partial charge in [-0.25, -0.2) is 9.59 Å². The summed E-state index contributed by atoms with van der Waals surface area (Å²) in [6.45, 7) is 4.22. The Morgan fingerprint density at radius 2 is 1.68 bits per heavy atom. The minimum atomic E-state index is -0.617. The van der Waals surface area contributed by atoms with Gasteiger partial charge in [0, 0.05) is 5.56 Å². The summed E-state index contributed by atoms with van der Waals surface area (Å²) in [5.74, 6) is -1.23. The van der Waals surface area contributed by atoms with Crippen LogP contribution in [0.4, 0.5) is 5.69 Å². The van der Waals surface area contributed by atoms with E-state index >= 15 is 0 Å². The van der Waals surface area contributed by atoms with Crippen LogP contribution < -0.4 is 4.90 Å². The van der Waals surface area contributed by atoms with Crippen molar-refractivity contribution < 1.29 is 23.8 Å². The number of hydrogen-bond acceptors (Lipinski definition) is 6. The van der Waals surface area contributed by atoms with Gasteiger partial charge in [-0.15, -0.1) is 0 Å². The van der Waals surface area contributed by atoms with Gasteiger partial charge in [0.1, 0.15) is 12.4 Å². The normalized spacial score (nSPS) is 14.1. The standard InChI is InChI=1S/C22H23NO5/c1-14-9-10-16(11-15(14)2)17-7-5-6-8-19(17)23-13-28-12-18(21(24)26-3)20(23)22(25)27-4/h5-11H,12-13H2,1-4H3. The number of nitrogens with zero attached hydrogens (tertiary/aromatic N) is 1. The van der Waals surface area contributed by atoms with Crippen molar-refractivity contribution in [3.63, 3.8) is 0 Å². The number of benzene rings is 2. The van der Waals surface area contributed by atoms with Crippen molar-refractivity contribution in [2.24, 2.45) is 0 Å².